The molecule has 3 aromatic rings. The summed E-state index contributed by atoms with van der Waals surface area (Å²) < 4.78 is 1.52. The Morgan fingerprint density at radius 2 is 1.81 bits per heavy atom. The standard InChI is InChI=1S/C18H18N6O2/c1-12-8-9-19-18-21-15(22-24(12)18)16(25)20-14-6-4-13(5-7-14)17(26)23-10-2-3-11-23/h4-9H,2-3,10-11H2,1H3,(H,20,25). The number of aromatic nitrogens is 4. The fourth-order valence-electron chi connectivity index (χ4n) is 2.99. The molecule has 3 heterocycles. The summed E-state index contributed by atoms with van der Waals surface area (Å²) in [5, 5.41) is 6.92. The minimum atomic E-state index is -0.423. The highest BCUT2D eigenvalue weighted by molar-refractivity contribution is 6.02. The number of anilines is 1. The van der Waals surface area contributed by atoms with E-state index in [1.54, 1.807) is 36.5 Å². The first-order valence-corrected chi connectivity index (χ1v) is 8.51. The molecule has 0 radical (unpaired) electrons. The van der Waals surface area contributed by atoms with E-state index in [0.717, 1.165) is 31.6 Å². The summed E-state index contributed by atoms with van der Waals surface area (Å²) in [6.45, 7) is 3.48. The second kappa shape index (κ2) is 6.55. The molecule has 1 aliphatic rings. The summed E-state index contributed by atoms with van der Waals surface area (Å²) in [7, 11) is 0. The molecule has 4 rings (SSSR count). The Bertz CT molecular complexity index is 973. The molecular formula is C18H18N6O2. The van der Waals surface area contributed by atoms with E-state index in [1.165, 1.54) is 4.52 Å². The molecule has 1 saturated heterocycles. The number of nitrogens with zero attached hydrogens (tertiary/aromatic N) is 5. The van der Waals surface area contributed by atoms with Gasteiger partial charge >= 0.3 is 0 Å². The summed E-state index contributed by atoms with van der Waals surface area (Å²) in [5.74, 6) is 0.0307. The molecule has 8 nitrogen and oxygen atoms in total. The Balaban J connectivity index is 1.48. The van der Waals surface area contributed by atoms with Crippen LogP contribution in [0.3, 0.4) is 0 Å². The van der Waals surface area contributed by atoms with Crippen molar-refractivity contribution in [1.82, 2.24) is 24.5 Å². The predicted molar refractivity (Wildman–Crippen MR) is 95.1 cm³/mol. The van der Waals surface area contributed by atoms with E-state index < -0.39 is 5.91 Å². The minimum Gasteiger partial charge on any atom is -0.339 e. The highest BCUT2D eigenvalue weighted by Crippen LogP contribution is 2.16. The number of hydrogen-bond donors (Lipinski definition) is 1. The molecular weight excluding hydrogens is 332 g/mol. The molecule has 132 valence electrons. The molecule has 1 aromatic carbocycles. The maximum absolute atomic E-state index is 12.4. The second-order valence-electron chi connectivity index (χ2n) is 6.26. The van der Waals surface area contributed by atoms with Crippen LogP contribution in [0.5, 0.6) is 0 Å². The molecule has 0 atom stereocenters. The number of hydrogen-bond acceptors (Lipinski definition) is 5. The topological polar surface area (TPSA) is 92.5 Å². The van der Waals surface area contributed by atoms with E-state index in [-0.39, 0.29) is 11.7 Å². The second-order valence-corrected chi connectivity index (χ2v) is 6.26. The van der Waals surface area contributed by atoms with Gasteiger partial charge in [-0.05, 0) is 50.1 Å². The van der Waals surface area contributed by atoms with Crippen molar-refractivity contribution in [2.75, 3.05) is 18.4 Å². The van der Waals surface area contributed by atoms with Crippen LogP contribution in [0, 0.1) is 6.92 Å². The smallest absolute Gasteiger partial charge is 0.295 e. The Morgan fingerprint density at radius 3 is 2.50 bits per heavy atom. The monoisotopic (exact) mass is 350 g/mol. The molecule has 2 amide bonds. The van der Waals surface area contributed by atoms with Crippen LogP contribution in [-0.2, 0) is 0 Å². The van der Waals surface area contributed by atoms with Gasteiger partial charge in [-0.1, -0.05) is 0 Å². The van der Waals surface area contributed by atoms with Crippen molar-refractivity contribution in [1.29, 1.82) is 0 Å². The fraction of sp³-hybridized carbons (Fsp3) is 0.278. The minimum absolute atomic E-state index is 0.0314. The van der Waals surface area contributed by atoms with E-state index in [2.05, 4.69) is 20.4 Å². The van der Waals surface area contributed by atoms with Crippen molar-refractivity contribution in [2.45, 2.75) is 19.8 Å². The Kier molecular flexibility index (Phi) is 4.08. The molecule has 0 aliphatic carbocycles. The van der Waals surface area contributed by atoms with Gasteiger partial charge in [0.1, 0.15) is 0 Å². The lowest BCUT2D eigenvalue weighted by atomic mass is 10.2. The van der Waals surface area contributed by atoms with Crippen molar-refractivity contribution in [3.05, 3.63) is 53.6 Å². The third-order valence-electron chi connectivity index (χ3n) is 4.42. The van der Waals surface area contributed by atoms with Gasteiger partial charge in [-0.25, -0.2) is 9.50 Å². The first kappa shape index (κ1) is 16.2. The lowest BCUT2D eigenvalue weighted by Crippen LogP contribution is -2.27. The summed E-state index contributed by atoms with van der Waals surface area (Å²) in [5.41, 5.74) is 2.04. The van der Waals surface area contributed by atoms with Crippen LogP contribution in [0.15, 0.2) is 36.5 Å². The number of benzene rings is 1. The molecule has 26 heavy (non-hydrogen) atoms. The highest BCUT2D eigenvalue weighted by atomic mass is 16.2. The Labute approximate surface area is 149 Å². The molecule has 0 bridgehead atoms. The zero-order chi connectivity index (χ0) is 18.1. The SMILES string of the molecule is Cc1ccnc2nc(C(=O)Nc3ccc(C(=O)N4CCCC4)cc3)nn12. The quantitative estimate of drug-likeness (QED) is 0.779. The first-order chi connectivity index (χ1) is 12.6. The fourth-order valence-corrected chi connectivity index (χ4v) is 2.99. The van der Waals surface area contributed by atoms with Crippen LogP contribution in [0.1, 0.15) is 39.5 Å². The zero-order valence-corrected chi connectivity index (χ0v) is 14.3. The number of nitrogens with one attached hydrogen (secondary N) is 1. The van der Waals surface area contributed by atoms with Crippen LogP contribution in [0.2, 0.25) is 0 Å². The largest absolute Gasteiger partial charge is 0.339 e. The van der Waals surface area contributed by atoms with Crippen LogP contribution >= 0.6 is 0 Å². The van der Waals surface area contributed by atoms with E-state index in [4.69, 9.17) is 0 Å². The van der Waals surface area contributed by atoms with Gasteiger partial charge in [0.15, 0.2) is 0 Å². The van der Waals surface area contributed by atoms with E-state index in [1.807, 2.05) is 11.8 Å². The van der Waals surface area contributed by atoms with Gasteiger partial charge in [0.25, 0.3) is 17.6 Å². The Morgan fingerprint density at radius 1 is 1.08 bits per heavy atom. The van der Waals surface area contributed by atoms with Gasteiger partial charge in [0.05, 0.1) is 0 Å². The lowest BCUT2D eigenvalue weighted by Gasteiger charge is -2.15. The van der Waals surface area contributed by atoms with Crippen molar-refractivity contribution in [2.24, 2.45) is 0 Å². The summed E-state index contributed by atoms with van der Waals surface area (Å²) >= 11 is 0. The third kappa shape index (κ3) is 3.01. The molecule has 1 aliphatic heterocycles. The number of rotatable bonds is 3. The average Bonchev–Trinajstić information content (AvgIpc) is 3.32. The molecule has 0 saturated carbocycles. The predicted octanol–water partition coefficient (Wildman–Crippen LogP) is 1.92. The van der Waals surface area contributed by atoms with Crippen LogP contribution in [0.25, 0.3) is 5.78 Å². The molecule has 0 unspecified atom stereocenters. The van der Waals surface area contributed by atoms with E-state index >= 15 is 0 Å². The van der Waals surface area contributed by atoms with E-state index in [0.29, 0.717) is 17.0 Å². The third-order valence-corrected chi connectivity index (χ3v) is 4.42. The highest BCUT2D eigenvalue weighted by Gasteiger charge is 2.19. The van der Waals surface area contributed by atoms with Crippen LogP contribution in [0.4, 0.5) is 5.69 Å². The van der Waals surface area contributed by atoms with Crippen molar-refractivity contribution < 1.29 is 9.59 Å². The summed E-state index contributed by atoms with van der Waals surface area (Å²) in [6.07, 6.45) is 3.73. The van der Waals surface area contributed by atoms with Crippen LogP contribution < -0.4 is 5.32 Å². The van der Waals surface area contributed by atoms with Crippen molar-refractivity contribution >= 4 is 23.3 Å². The average molecular weight is 350 g/mol. The van der Waals surface area contributed by atoms with Crippen LogP contribution in [-0.4, -0.2) is 49.4 Å². The number of fused-ring (bicyclic) bond motifs is 1. The molecule has 1 N–H and O–H groups in total. The first-order valence-electron chi connectivity index (χ1n) is 8.51. The number of carbonyl (C=O) groups excluding carboxylic acids is 2. The zero-order valence-electron chi connectivity index (χ0n) is 14.3. The summed E-state index contributed by atoms with van der Waals surface area (Å²) in [6, 6.07) is 8.65. The van der Waals surface area contributed by atoms with Gasteiger partial charge in [-0.2, -0.15) is 4.98 Å². The maximum atomic E-state index is 12.4. The number of aryl methyl sites for hydroxylation is 1. The van der Waals surface area contributed by atoms with Gasteiger partial charge < -0.3 is 10.2 Å². The van der Waals surface area contributed by atoms with Crippen molar-refractivity contribution in [3.63, 3.8) is 0 Å². The molecule has 2 aromatic heterocycles. The molecule has 8 heteroatoms. The Hall–Kier alpha value is -3.29. The molecule has 1 fully saturated rings. The van der Waals surface area contributed by atoms with Gasteiger partial charge in [0.2, 0.25) is 5.82 Å². The molecule has 0 spiro atoms. The van der Waals surface area contributed by atoms with Crippen molar-refractivity contribution in [3.8, 4) is 0 Å². The summed E-state index contributed by atoms with van der Waals surface area (Å²) in [4.78, 5) is 34.8. The number of amides is 2. The van der Waals surface area contributed by atoms with Gasteiger partial charge in [-0.15, -0.1) is 5.10 Å². The van der Waals surface area contributed by atoms with Gasteiger partial charge in [-0.3, -0.25) is 9.59 Å². The number of carbonyl (C=O) groups is 2. The normalized spacial score (nSPS) is 14.0. The van der Waals surface area contributed by atoms with Gasteiger partial charge in [0, 0.05) is 36.2 Å². The maximum Gasteiger partial charge on any atom is 0.295 e. The van der Waals surface area contributed by atoms with E-state index in [9.17, 15) is 9.59 Å². The lowest BCUT2D eigenvalue weighted by molar-refractivity contribution is 0.0792. The number of likely N-dealkylation sites (tertiary alicyclic amines) is 1.